The highest BCUT2D eigenvalue weighted by Crippen LogP contribution is 2.22. The van der Waals surface area contributed by atoms with Gasteiger partial charge in [-0.1, -0.05) is 25.4 Å². The van der Waals surface area contributed by atoms with E-state index in [4.69, 9.17) is 14.7 Å². The number of rotatable bonds is 5. The minimum Gasteiger partial charge on any atom is -0.456 e. The van der Waals surface area contributed by atoms with Crippen LogP contribution in [0.15, 0.2) is 21.1 Å². The normalized spacial score (nSPS) is 12.9. The van der Waals surface area contributed by atoms with E-state index in [1.165, 1.54) is 0 Å². The zero-order chi connectivity index (χ0) is 12.3. The van der Waals surface area contributed by atoms with Crippen molar-refractivity contribution in [1.82, 2.24) is 10.1 Å². The summed E-state index contributed by atoms with van der Waals surface area (Å²) in [5, 5.41) is 3.88. The van der Waals surface area contributed by atoms with Crippen molar-refractivity contribution in [2.24, 2.45) is 5.73 Å². The van der Waals surface area contributed by atoms with Crippen LogP contribution in [0, 0.1) is 0 Å². The van der Waals surface area contributed by atoms with Crippen LogP contribution in [0.1, 0.15) is 44.3 Å². The van der Waals surface area contributed by atoms with Crippen molar-refractivity contribution in [3.8, 4) is 11.7 Å². The smallest absolute Gasteiger partial charge is 0.293 e. The van der Waals surface area contributed by atoms with E-state index in [1.807, 2.05) is 19.1 Å². The Bertz CT molecular complexity index is 476. The lowest BCUT2D eigenvalue weighted by Gasteiger charge is -2.02. The van der Waals surface area contributed by atoms with E-state index < -0.39 is 0 Å². The van der Waals surface area contributed by atoms with E-state index in [0.717, 1.165) is 25.0 Å². The molecular weight excluding hydrogens is 218 g/mol. The third-order valence-corrected chi connectivity index (χ3v) is 2.59. The highest BCUT2D eigenvalue weighted by molar-refractivity contribution is 5.44. The molecule has 2 N–H and O–H groups in total. The Kier molecular flexibility index (Phi) is 3.58. The Labute approximate surface area is 100.0 Å². The van der Waals surface area contributed by atoms with Gasteiger partial charge < -0.3 is 14.7 Å². The number of aromatic nitrogens is 2. The Morgan fingerprint density at radius 3 is 2.82 bits per heavy atom. The molecule has 2 aromatic rings. The van der Waals surface area contributed by atoms with Gasteiger partial charge in [-0.05, 0) is 18.6 Å². The van der Waals surface area contributed by atoms with Crippen LogP contribution in [0.3, 0.4) is 0 Å². The van der Waals surface area contributed by atoms with Crippen LogP contribution in [0.2, 0.25) is 0 Å². The number of nitrogens with two attached hydrogens (primary N) is 1. The maximum Gasteiger partial charge on any atom is 0.293 e. The minimum absolute atomic E-state index is 0.168. The summed E-state index contributed by atoms with van der Waals surface area (Å²) in [4.78, 5) is 4.25. The van der Waals surface area contributed by atoms with E-state index in [2.05, 4.69) is 17.1 Å². The quantitative estimate of drug-likeness (QED) is 0.862. The van der Waals surface area contributed by atoms with Gasteiger partial charge in [0, 0.05) is 6.42 Å². The molecule has 1 atom stereocenters. The molecule has 2 heterocycles. The number of hydrogen-bond donors (Lipinski definition) is 1. The van der Waals surface area contributed by atoms with Crippen LogP contribution in [0.4, 0.5) is 0 Å². The second kappa shape index (κ2) is 5.14. The fourth-order valence-corrected chi connectivity index (χ4v) is 1.61. The van der Waals surface area contributed by atoms with Gasteiger partial charge in [-0.15, -0.1) is 0 Å². The van der Waals surface area contributed by atoms with Crippen molar-refractivity contribution >= 4 is 0 Å². The fourth-order valence-electron chi connectivity index (χ4n) is 1.61. The van der Waals surface area contributed by atoms with E-state index in [9.17, 15) is 0 Å². The van der Waals surface area contributed by atoms with E-state index >= 15 is 0 Å². The summed E-state index contributed by atoms with van der Waals surface area (Å²) in [6.45, 7) is 4.10. The first-order chi connectivity index (χ1) is 8.24. The van der Waals surface area contributed by atoms with Crippen molar-refractivity contribution < 1.29 is 8.94 Å². The van der Waals surface area contributed by atoms with Crippen LogP contribution in [0.5, 0.6) is 0 Å². The molecule has 0 saturated heterocycles. The summed E-state index contributed by atoms with van der Waals surface area (Å²) in [7, 11) is 0. The molecule has 0 amide bonds. The monoisotopic (exact) mass is 235 g/mol. The summed E-state index contributed by atoms with van der Waals surface area (Å²) >= 11 is 0. The van der Waals surface area contributed by atoms with Gasteiger partial charge in [0.1, 0.15) is 5.76 Å². The third kappa shape index (κ3) is 2.55. The van der Waals surface area contributed by atoms with Crippen LogP contribution >= 0.6 is 0 Å². The SMILES string of the molecule is CCCC(N)c1noc(-c2ccc(CC)o2)n1. The molecule has 0 bridgehead atoms. The summed E-state index contributed by atoms with van der Waals surface area (Å²) in [5.74, 6) is 2.43. The van der Waals surface area contributed by atoms with Gasteiger partial charge in [-0.3, -0.25) is 0 Å². The zero-order valence-corrected chi connectivity index (χ0v) is 10.1. The summed E-state index contributed by atoms with van der Waals surface area (Å²) < 4.78 is 10.7. The highest BCUT2D eigenvalue weighted by atomic mass is 16.5. The molecule has 17 heavy (non-hydrogen) atoms. The Morgan fingerprint density at radius 1 is 1.35 bits per heavy atom. The Morgan fingerprint density at radius 2 is 2.18 bits per heavy atom. The summed E-state index contributed by atoms with van der Waals surface area (Å²) in [6.07, 6.45) is 2.68. The average molecular weight is 235 g/mol. The van der Waals surface area contributed by atoms with E-state index in [1.54, 1.807) is 0 Å². The largest absolute Gasteiger partial charge is 0.456 e. The fraction of sp³-hybridized carbons (Fsp3) is 0.500. The highest BCUT2D eigenvalue weighted by Gasteiger charge is 2.16. The third-order valence-electron chi connectivity index (χ3n) is 2.59. The van der Waals surface area contributed by atoms with Crippen molar-refractivity contribution in [2.75, 3.05) is 0 Å². The zero-order valence-electron chi connectivity index (χ0n) is 10.1. The molecule has 0 fully saturated rings. The number of aryl methyl sites for hydroxylation is 1. The molecular formula is C12H17N3O2. The molecule has 0 aliphatic heterocycles. The minimum atomic E-state index is -0.168. The van der Waals surface area contributed by atoms with Crippen molar-refractivity contribution in [3.63, 3.8) is 0 Å². The first kappa shape index (κ1) is 11.9. The maximum absolute atomic E-state index is 5.91. The lowest BCUT2D eigenvalue weighted by Crippen LogP contribution is -2.11. The Hall–Kier alpha value is -1.62. The van der Waals surface area contributed by atoms with Crippen molar-refractivity contribution in [2.45, 2.75) is 39.2 Å². The van der Waals surface area contributed by atoms with Crippen molar-refractivity contribution in [1.29, 1.82) is 0 Å². The first-order valence-electron chi connectivity index (χ1n) is 5.92. The van der Waals surface area contributed by atoms with E-state index in [0.29, 0.717) is 17.5 Å². The van der Waals surface area contributed by atoms with Crippen molar-refractivity contribution in [3.05, 3.63) is 23.7 Å². The van der Waals surface area contributed by atoms with E-state index in [-0.39, 0.29) is 6.04 Å². The van der Waals surface area contributed by atoms with Gasteiger partial charge >= 0.3 is 0 Å². The summed E-state index contributed by atoms with van der Waals surface area (Å²) in [6, 6.07) is 3.57. The number of furan rings is 1. The number of nitrogens with zero attached hydrogens (tertiary/aromatic N) is 2. The second-order valence-corrected chi connectivity index (χ2v) is 3.97. The molecule has 5 nitrogen and oxygen atoms in total. The molecule has 0 aliphatic carbocycles. The standard InChI is InChI=1S/C12H17N3O2/c1-3-5-9(13)11-14-12(17-15-11)10-7-6-8(4-2)16-10/h6-7,9H,3-5,13H2,1-2H3. The topological polar surface area (TPSA) is 78.1 Å². The van der Waals surface area contributed by atoms with Gasteiger partial charge in [0.2, 0.25) is 0 Å². The van der Waals surface area contributed by atoms with Gasteiger partial charge in [-0.25, -0.2) is 0 Å². The molecule has 92 valence electrons. The molecule has 0 spiro atoms. The van der Waals surface area contributed by atoms with Crippen LogP contribution < -0.4 is 5.73 Å². The molecule has 1 unspecified atom stereocenters. The second-order valence-electron chi connectivity index (χ2n) is 3.97. The predicted octanol–water partition coefficient (Wildman–Crippen LogP) is 2.69. The maximum atomic E-state index is 5.91. The Balaban J connectivity index is 2.17. The van der Waals surface area contributed by atoms with Gasteiger partial charge in [0.05, 0.1) is 6.04 Å². The average Bonchev–Trinajstić information content (AvgIpc) is 2.98. The van der Waals surface area contributed by atoms with Crippen LogP contribution in [0.25, 0.3) is 11.7 Å². The molecule has 0 aromatic carbocycles. The number of hydrogen-bond acceptors (Lipinski definition) is 5. The first-order valence-corrected chi connectivity index (χ1v) is 5.92. The van der Waals surface area contributed by atoms with Crippen LogP contribution in [-0.4, -0.2) is 10.1 Å². The molecule has 0 saturated carbocycles. The predicted molar refractivity (Wildman–Crippen MR) is 63.2 cm³/mol. The lowest BCUT2D eigenvalue weighted by molar-refractivity contribution is 0.398. The van der Waals surface area contributed by atoms with Crippen LogP contribution in [-0.2, 0) is 6.42 Å². The molecule has 0 radical (unpaired) electrons. The van der Waals surface area contributed by atoms with Gasteiger partial charge in [0.15, 0.2) is 11.6 Å². The van der Waals surface area contributed by atoms with Gasteiger partial charge in [-0.2, -0.15) is 4.98 Å². The molecule has 0 aliphatic rings. The molecule has 2 rings (SSSR count). The lowest BCUT2D eigenvalue weighted by atomic mass is 10.2. The molecule has 2 aromatic heterocycles. The van der Waals surface area contributed by atoms with Gasteiger partial charge in [0.25, 0.3) is 5.89 Å². The molecule has 5 heteroatoms. The summed E-state index contributed by atoms with van der Waals surface area (Å²) in [5.41, 5.74) is 5.91.